The fourth-order valence-corrected chi connectivity index (χ4v) is 5.59. The molecular weight excluding hydrogens is 378 g/mol. The first-order valence-electron chi connectivity index (χ1n) is 11.4. The van der Waals surface area contributed by atoms with Gasteiger partial charge in [0.25, 0.3) is 0 Å². The van der Waals surface area contributed by atoms with Crippen LogP contribution in [0.3, 0.4) is 0 Å². The Morgan fingerprint density at radius 3 is 2.70 bits per heavy atom. The van der Waals surface area contributed by atoms with Crippen LogP contribution in [0.1, 0.15) is 63.1 Å². The molecule has 3 aromatic rings. The Morgan fingerprint density at radius 1 is 1.03 bits per heavy atom. The molecule has 2 saturated carbocycles. The molecule has 3 heterocycles. The van der Waals surface area contributed by atoms with E-state index >= 15 is 0 Å². The molecule has 0 spiro atoms. The minimum Gasteiger partial charge on any atom is -0.338 e. The molecule has 1 aliphatic heterocycles. The summed E-state index contributed by atoms with van der Waals surface area (Å²) in [6.07, 6.45) is 9.18. The molecule has 0 radical (unpaired) electrons. The minimum absolute atomic E-state index is 0.0160. The number of hydrogen-bond donors (Lipinski definition) is 0. The maximum Gasteiger partial charge on any atom is 0.352 e. The topological polar surface area (TPSA) is 72.5 Å². The third-order valence-electron chi connectivity index (χ3n) is 7.24. The summed E-state index contributed by atoms with van der Waals surface area (Å²) in [7, 11) is 0. The largest absolute Gasteiger partial charge is 0.352 e. The lowest BCUT2D eigenvalue weighted by Crippen LogP contribution is -2.51. The highest BCUT2D eigenvalue weighted by Crippen LogP contribution is 2.39. The molecule has 3 fully saturated rings. The average Bonchev–Trinajstić information content (AvgIpc) is 3.58. The van der Waals surface area contributed by atoms with Crippen LogP contribution in [0.5, 0.6) is 0 Å². The van der Waals surface area contributed by atoms with Crippen LogP contribution in [0.2, 0.25) is 0 Å². The Kier molecular flexibility index (Phi) is 4.18. The number of fused-ring (bicyclic) bond motifs is 4. The van der Waals surface area contributed by atoms with Crippen LogP contribution in [0.25, 0.3) is 16.6 Å². The number of rotatable bonds is 3. The van der Waals surface area contributed by atoms with E-state index in [9.17, 15) is 9.59 Å². The third kappa shape index (κ3) is 2.86. The van der Waals surface area contributed by atoms with Crippen molar-refractivity contribution in [2.75, 3.05) is 6.54 Å². The van der Waals surface area contributed by atoms with Gasteiger partial charge in [-0.3, -0.25) is 4.79 Å². The van der Waals surface area contributed by atoms with Crippen molar-refractivity contribution in [2.24, 2.45) is 5.92 Å². The number of likely N-dealkylation sites (tertiary alicyclic amines) is 1. The lowest BCUT2D eigenvalue weighted by Gasteiger charge is -2.44. The van der Waals surface area contributed by atoms with Crippen molar-refractivity contribution in [3.8, 4) is 0 Å². The van der Waals surface area contributed by atoms with E-state index < -0.39 is 0 Å². The quantitative estimate of drug-likeness (QED) is 0.671. The molecule has 6 rings (SSSR count). The van der Waals surface area contributed by atoms with E-state index in [0.717, 1.165) is 49.0 Å². The van der Waals surface area contributed by atoms with Crippen molar-refractivity contribution < 1.29 is 4.79 Å². The Morgan fingerprint density at radius 2 is 1.83 bits per heavy atom. The molecule has 0 N–H and O–H groups in total. The number of amides is 1. The summed E-state index contributed by atoms with van der Waals surface area (Å²) in [5, 5.41) is 5.49. The SMILES string of the molecule is O=C(Cn1nc2c3ccccc3nc(C3CC3)n2c1=O)N1CCC[C@@H]2CCCC[C@@H]21. The number of aromatic nitrogens is 4. The highest BCUT2D eigenvalue weighted by Gasteiger charge is 2.36. The van der Waals surface area contributed by atoms with Crippen molar-refractivity contribution in [3.63, 3.8) is 0 Å². The predicted molar refractivity (Wildman–Crippen MR) is 113 cm³/mol. The van der Waals surface area contributed by atoms with Gasteiger partial charge in [-0.1, -0.05) is 25.0 Å². The zero-order valence-electron chi connectivity index (χ0n) is 17.2. The highest BCUT2D eigenvalue weighted by molar-refractivity contribution is 5.91. The predicted octanol–water partition coefficient (Wildman–Crippen LogP) is 3.10. The summed E-state index contributed by atoms with van der Waals surface area (Å²) in [5.74, 6) is 1.76. The molecule has 156 valence electrons. The summed E-state index contributed by atoms with van der Waals surface area (Å²) < 4.78 is 3.01. The second-order valence-electron chi connectivity index (χ2n) is 9.20. The smallest absolute Gasteiger partial charge is 0.338 e. The summed E-state index contributed by atoms with van der Waals surface area (Å²) in [4.78, 5) is 33.3. The van der Waals surface area contributed by atoms with Gasteiger partial charge in [0.1, 0.15) is 12.4 Å². The maximum absolute atomic E-state index is 13.3. The zero-order valence-corrected chi connectivity index (χ0v) is 17.2. The fourth-order valence-electron chi connectivity index (χ4n) is 5.59. The van der Waals surface area contributed by atoms with E-state index in [-0.39, 0.29) is 18.1 Å². The number of nitrogens with zero attached hydrogens (tertiary/aromatic N) is 5. The summed E-state index contributed by atoms with van der Waals surface area (Å²) in [6.45, 7) is 0.822. The molecule has 7 nitrogen and oxygen atoms in total. The number of carbonyl (C=O) groups excluding carboxylic acids is 1. The molecular formula is C23H27N5O2. The van der Waals surface area contributed by atoms with Crippen molar-refractivity contribution in [1.29, 1.82) is 0 Å². The van der Waals surface area contributed by atoms with Gasteiger partial charge in [0.2, 0.25) is 5.91 Å². The lowest BCUT2D eigenvalue weighted by atomic mass is 9.78. The summed E-state index contributed by atoms with van der Waals surface area (Å²) in [6, 6.07) is 8.15. The van der Waals surface area contributed by atoms with Crippen LogP contribution in [0, 0.1) is 5.92 Å². The van der Waals surface area contributed by atoms with Gasteiger partial charge >= 0.3 is 5.69 Å². The standard InChI is InChI=1S/C23H27N5O2/c29-20(26-13-5-7-15-6-1-4-10-19(15)26)14-27-23(30)28-21(16-11-12-16)24-18-9-3-2-8-17(18)22(28)25-27/h2-3,8-9,15-16,19H,1,4-7,10-14H2/t15-,19-/m0/s1. The Labute approximate surface area is 174 Å². The highest BCUT2D eigenvalue weighted by atomic mass is 16.2. The van der Waals surface area contributed by atoms with Crippen molar-refractivity contribution >= 4 is 22.5 Å². The molecule has 1 aromatic carbocycles. The molecule has 30 heavy (non-hydrogen) atoms. The zero-order chi connectivity index (χ0) is 20.2. The Hall–Kier alpha value is -2.70. The molecule has 7 heteroatoms. The van der Waals surface area contributed by atoms with E-state index in [1.807, 2.05) is 29.2 Å². The minimum atomic E-state index is -0.240. The first-order chi connectivity index (χ1) is 14.7. The lowest BCUT2D eigenvalue weighted by molar-refractivity contribution is -0.138. The number of hydrogen-bond acceptors (Lipinski definition) is 4. The molecule has 3 aliphatic rings. The third-order valence-corrected chi connectivity index (χ3v) is 7.24. The maximum atomic E-state index is 13.3. The van der Waals surface area contributed by atoms with Gasteiger partial charge < -0.3 is 4.90 Å². The van der Waals surface area contributed by atoms with Gasteiger partial charge in [-0.2, -0.15) is 0 Å². The van der Waals surface area contributed by atoms with E-state index in [1.165, 1.54) is 30.4 Å². The van der Waals surface area contributed by atoms with Crippen LogP contribution in [0.15, 0.2) is 29.1 Å². The van der Waals surface area contributed by atoms with Gasteiger partial charge in [0, 0.05) is 23.9 Å². The van der Waals surface area contributed by atoms with Crippen LogP contribution in [-0.4, -0.2) is 42.6 Å². The molecule has 2 aromatic heterocycles. The first kappa shape index (κ1) is 18.1. The van der Waals surface area contributed by atoms with Crippen molar-refractivity contribution in [1.82, 2.24) is 24.1 Å². The monoisotopic (exact) mass is 405 g/mol. The molecule has 2 atom stereocenters. The van der Waals surface area contributed by atoms with Gasteiger partial charge in [-0.15, -0.1) is 5.10 Å². The van der Waals surface area contributed by atoms with E-state index in [2.05, 4.69) is 5.10 Å². The van der Waals surface area contributed by atoms with Crippen molar-refractivity contribution in [3.05, 3.63) is 40.6 Å². The first-order valence-corrected chi connectivity index (χ1v) is 11.4. The van der Waals surface area contributed by atoms with Gasteiger partial charge in [0.05, 0.1) is 5.52 Å². The van der Waals surface area contributed by atoms with Gasteiger partial charge in [-0.05, 0) is 56.6 Å². The van der Waals surface area contributed by atoms with Crippen LogP contribution in [-0.2, 0) is 11.3 Å². The Balaban J connectivity index is 1.39. The molecule has 0 bridgehead atoms. The van der Waals surface area contributed by atoms with E-state index in [4.69, 9.17) is 4.98 Å². The van der Waals surface area contributed by atoms with E-state index in [0.29, 0.717) is 23.5 Å². The molecule has 1 saturated heterocycles. The van der Waals surface area contributed by atoms with Crippen LogP contribution < -0.4 is 5.69 Å². The number of carbonyl (C=O) groups is 1. The van der Waals surface area contributed by atoms with Gasteiger partial charge in [-0.25, -0.2) is 18.9 Å². The molecule has 1 amide bonds. The normalized spacial score (nSPS) is 24.3. The second kappa shape index (κ2) is 6.93. The van der Waals surface area contributed by atoms with E-state index in [1.54, 1.807) is 4.40 Å². The molecule has 2 aliphatic carbocycles. The van der Waals surface area contributed by atoms with Gasteiger partial charge in [0.15, 0.2) is 5.65 Å². The molecule has 0 unspecified atom stereocenters. The second-order valence-corrected chi connectivity index (χ2v) is 9.20. The number of piperidine rings is 1. The van der Waals surface area contributed by atoms with Crippen molar-refractivity contribution in [2.45, 2.75) is 69.9 Å². The van der Waals surface area contributed by atoms with Crippen LogP contribution >= 0.6 is 0 Å². The number of para-hydroxylation sites is 1. The fraction of sp³-hybridized carbons (Fsp3) is 0.565. The summed E-state index contributed by atoms with van der Waals surface area (Å²) >= 11 is 0. The average molecular weight is 406 g/mol. The number of benzene rings is 1. The Bertz CT molecular complexity index is 1190. The van der Waals surface area contributed by atoms with Crippen LogP contribution in [0.4, 0.5) is 0 Å². The summed E-state index contributed by atoms with van der Waals surface area (Å²) in [5.41, 5.74) is 1.24.